The van der Waals surface area contributed by atoms with Crippen molar-refractivity contribution >= 4 is 21.5 Å². The number of rotatable bonds is 2. The van der Waals surface area contributed by atoms with E-state index in [0.29, 0.717) is 34.6 Å². The molecule has 0 amide bonds. The number of fused-ring (bicyclic) bond motifs is 3. The monoisotopic (exact) mass is 374 g/mol. The second-order valence-electron chi connectivity index (χ2n) is 8.08. The standard InChI is InChI=1S/C23H22F4/c1-12-3-5-14(6-4-12)10-17-11-16-8-7-15-9-13(2)20(24)22(26)18(15)19(16)23(27)21(17)25/h7-9,11-12,14H,3-6,10H2,1-2H3. The van der Waals surface area contributed by atoms with Crippen molar-refractivity contribution in [3.8, 4) is 0 Å². The number of hydrogen-bond donors (Lipinski definition) is 0. The molecule has 0 saturated heterocycles. The average molecular weight is 374 g/mol. The van der Waals surface area contributed by atoms with Crippen LogP contribution in [0.4, 0.5) is 17.6 Å². The van der Waals surface area contributed by atoms with E-state index in [4.69, 9.17) is 0 Å². The molecule has 27 heavy (non-hydrogen) atoms. The van der Waals surface area contributed by atoms with Crippen molar-refractivity contribution in [3.63, 3.8) is 0 Å². The minimum atomic E-state index is -1.12. The van der Waals surface area contributed by atoms with Gasteiger partial charge in [0, 0.05) is 10.8 Å². The third-order valence-electron chi connectivity index (χ3n) is 6.07. The van der Waals surface area contributed by atoms with E-state index < -0.39 is 23.3 Å². The molecule has 1 saturated carbocycles. The number of benzene rings is 3. The summed E-state index contributed by atoms with van der Waals surface area (Å²) < 4.78 is 58.4. The van der Waals surface area contributed by atoms with Crippen LogP contribution in [0.1, 0.15) is 43.7 Å². The van der Waals surface area contributed by atoms with E-state index in [1.165, 1.54) is 13.0 Å². The molecule has 0 atom stereocenters. The van der Waals surface area contributed by atoms with E-state index in [-0.39, 0.29) is 16.3 Å². The van der Waals surface area contributed by atoms with Crippen molar-refractivity contribution in [2.24, 2.45) is 11.8 Å². The first-order valence-electron chi connectivity index (χ1n) is 9.54. The highest BCUT2D eigenvalue weighted by molar-refractivity contribution is 6.08. The molecule has 3 aromatic carbocycles. The molecule has 0 spiro atoms. The predicted molar refractivity (Wildman–Crippen MR) is 101 cm³/mol. The molecule has 1 aliphatic rings. The van der Waals surface area contributed by atoms with Crippen LogP contribution in [0, 0.1) is 42.0 Å². The lowest BCUT2D eigenvalue weighted by Crippen LogP contribution is -2.15. The summed E-state index contributed by atoms with van der Waals surface area (Å²) >= 11 is 0. The lowest BCUT2D eigenvalue weighted by Gasteiger charge is -2.26. The van der Waals surface area contributed by atoms with Crippen LogP contribution in [-0.4, -0.2) is 0 Å². The second kappa shape index (κ2) is 6.81. The van der Waals surface area contributed by atoms with Gasteiger partial charge in [-0.3, -0.25) is 0 Å². The summed E-state index contributed by atoms with van der Waals surface area (Å²) in [6.45, 7) is 3.67. The van der Waals surface area contributed by atoms with E-state index >= 15 is 0 Å². The van der Waals surface area contributed by atoms with Gasteiger partial charge in [-0.2, -0.15) is 0 Å². The Hall–Kier alpha value is -2.10. The van der Waals surface area contributed by atoms with Gasteiger partial charge in [0.05, 0.1) is 0 Å². The van der Waals surface area contributed by atoms with Gasteiger partial charge in [-0.05, 0) is 72.1 Å². The Morgan fingerprint density at radius 2 is 1.33 bits per heavy atom. The second-order valence-corrected chi connectivity index (χ2v) is 8.08. The molecule has 4 rings (SSSR count). The highest BCUT2D eigenvalue weighted by Crippen LogP contribution is 2.36. The lowest BCUT2D eigenvalue weighted by molar-refractivity contribution is 0.286. The molecule has 0 nitrogen and oxygen atoms in total. The van der Waals surface area contributed by atoms with Gasteiger partial charge in [0.15, 0.2) is 23.3 Å². The third kappa shape index (κ3) is 3.09. The maximum Gasteiger partial charge on any atom is 0.167 e. The molecule has 1 aliphatic carbocycles. The van der Waals surface area contributed by atoms with Crippen LogP contribution in [0.3, 0.4) is 0 Å². The fourth-order valence-electron chi connectivity index (χ4n) is 4.42. The van der Waals surface area contributed by atoms with E-state index in [0.717, 1.165) is 25.7 Å². The average Bonchev–Trinajstić information content (AvgIpc) is 2.65. The molecule has 0 unspecified atom stereocenters. The van der Waals surface area contributed by atoms with Gasteiger partial charge < -0.3 is 0 Å². The van der Waals surface area contributed by atoms with Crippen molar-refractivity contribution in [1.82, 2.24) is 0 Å². The van der Waals surface area contributed by atoms with Gasteiger partial charge in [-0.25, -0.2) is 17.6 Å². The van der Waals surface area contributed by atoms with Crippen molar-refractivity contribution in [3.05, 3.63) is 58.7 Å². The Bertz CT molecular complexity index is 1030. The fourth-order valence-corrected chi connectivity index (χ4v) is 4.42. The summed E-state index contributed by atoms with van der Waals surface area (Å²) in [5.41, 5.74) is 0.468. The largest absolute Gasteiger partial charge is 0.203 e. The highest BCUT2D eigenvalue weighted by Gasteiger charge is 2.23. The van der Waals surface area contributed by atoms with Crippen LogP contribution in [0.2, 0.25) is 0 Å². The molecule has 1 fully saturated rings. The first-order chi connectivity index (χ1) is 12.9. The molecule has 0 N–H and O–H groups in total. The molecule has 4 heteroatoms. The topological polar surface area (TPSA) is 0 Å². The van der Waals surface area contributed by atoms with Gasteiger partial charge in [-0.15, -0.1) is 0 Å². The van der Waals surface area contributed by atoms with Crippen LogP contribution in [0.5, 0.6) is 0 Å². The van der Waals surface area contributed by atoms with Crippen molar-refractivity contribution in [2.75, 3.05) is 0 Å². The van der Waals surface area contributed by atoms with Gasteiger partial charge in [0.25, 0.3) is 0 Å². The zero-order valence-corrected chi connectivity index (χ0v) is 15.5. The first-order valence-corrected chi connectivity index (χ1v) is 9.54. The van der Waals surface area contributed by atoms with E-state index in [1.807, 2.05) is 0 Å². The van der Waals surface area contributed by atoms with Crippen molar-refractivity contribution < 1.29 is 17.6 Å². The van der Waals surface area contributed by atoms with E-state index in [9.17, 15) is 17.6 Å². The van der Waals surface area contributed by atoms with Crippen LogP contribution in [0.15, 0.2) is 24.3 Å². The Morgan fingerprint density at radius 1 is 0.778 bits per heavy atom. The van der Waals surface area contributed by atoms with Crippen LogP contribution in [-0.2, 0) is 6.42 Å². The van der Waals surface area contributed by atoms with Crippen LogP contribution >= 0.6 is 0 Å². The molecule has 0 heterocycles. The predicted octanol–water partition coefficient (Wildman–Crippen LogP) is 7.23. The minimum absolute atomic E-state index is 0.142. The van der Waals surface area contributed by atoms with E-state index in [1.54, 1.807) is 18.2 Å². The molecular weight excluding hydrogens is 352 g/mol. The van der Waals surface area contributed by atoms with Crippen molar-refractivity contribution in [2.45, 2.75) is 46.0 Å². The fraction of sp³-hybridized carbons (Fsp3) is 0.391. The Balaban J connectivity index is 1.86. The number of hydrogen-bond acceptors (Lipinski definition) is 0. The quantitative estimate of drug-likeness (QED) is 0.328. The number of aryl methyl sites for hydroxylation is 1. The summed E-state index contributed by atoms with van der Waals surface area (Å²) in [5.74, 6) is -3.14. The van der Waals surface area contributed by atoms with Crippen molar-refractivity contribution in [1.29, 1.82) is 0 Å². The molecule has 142 valence electrons. The summed E-state index contributed by atoms with van der Waals surface area (Å²) in [6, 6.07) is 6.35. The summed E-state index contributed by atoms with van der Waals surface area (Å²) in [4.78, 5) is 0. The minimum Gasteiger partial charge on any atom is -0.203 e. The van der Waals surface area contributed by atoms with Gasteiger partial charge >= 0.3 is 0 Å². The Labute approximate surface area is 156 Å². The summed E-state index contributed by atoms with van der Waals surface area (Å²) in [6.07, 6.45) is 4.72. The van der Waals surface area contributed by atoms with Gasteiger partial charge in [-0.1, -0.05) is 31.9 Å². The lowest BCUT2D eigenvalue weighted by atomic mass is 9.80. The van der Waals surface area contributed by atoms with Gasteiger partial charge in [0.1, 0.15) is 0 Å². The molecule has 0 aromatic heterocycles. The highest BCUT2D eigenvalue weighted by atomic mass is 19.2. The summed E-state index contributed by atoms with van der Waals surface area (Å²) in [7, 11) is 0. The Morgan fingerprint density at radius 3 is 1.96 bits per heavy atom. The molecule has 0 bridgehead atoms. The number of halogens is 4. The maximum absolute atomic E-state index is 15.0. The molecular formula is C23H22F4. The Kier molecular flexibility index (Phi) is 4.61. The molecule has 0 radical (unpaired) electrons. The first kappa shape index (κ1) is 18.3. The van der Waals surface area contributed by atoms with Crippen LogP contribution in [0.25, 0.3) is 21.5 Å². The van der Waals surface area contributed by atoms with Gasteiger partial charge in [0.2, 0.25) is 0 Å². The van der Waals surface area contributed by atoms with Crippen LogP contribution < -0.4 is 0 Å². The maximum atomic E-state index is 15.0. The molecule has 3 aromatic rings. The molecule has 0 aliphatic heterocycles. The third-order valence-corrected chi connectivity index (χ3v) is 6.07. The van der Waals surface area contributed by atoms with E-state index in [2.05, 4.69) is 6.92 Å². The normalized spacial score (nSPS) is 20.5. The smallest absolute Gasteiger partial charge is 0.167 e. The zero-order chi connectivity index (χ0) is 19.3. The summed E-state index contributed by atoms with van der Waals surface area (Å²) in [5, 5.41) is 0.404. The zero-order valence-electron chi connectivity index (χ0n) is 15.5. The SMILES string of the molecule is Cc1cc2ccc3cc(CC4CCC(C)CC4)c(F)c(F)c3c2c(F)c1F.